The molecule has 1 aliphatic heterocycles. The quantitative estimate of drug-likeness (QED) is 0.276. The summed E-state index contributed by atoms with van der Waals surface area (Å²) in [4.78, 5) is 25.4. The van der Waals surface area contributed by atoms with Gasteiger partial charge in [-0.3, -0.25) is 15.0 Å². The Kier molecular flexibility index (Phi) is 7.46. The summed E-state index contributed by atoms with van der Waals surface area (Å²) in [7, 11) is 0. The number of nitrogens with zero attached hydrogens (tertiary/aromatic N) is 1. The maximum Gasteiger partial charge on any atom is 0.282 e. The third-order valence-electron chi connectivity index (χ3n) is 4.97. The Labute approximate surface area is 215 Å². The zero-order chi connectivity index (χ0) is 24.2. The average Bonchev–Trinajstić information content (AvgIpc) is 3.09. The molecule has 0 bridgehead atoms. The van der Waals surface area contributed by atoms with Crippen LogP contribution in [0, 0.1) is 0 Å². The van der Waals surface area contributed by atoms with E-state index in [1.165, 1.54) is 11.1 Å². The van der Waals surface area contributed by atoms with Crippen LogP contribution >= 0.6 is 39.1 Å². The van der Waals surface area contributed by atoms with E-state index in [4.69, 9.17) is 32.7 Å². The standard InChI is InChI=1S/C25H19BrCl2N2O4/c1-2-33-22-13-15(11-17-24(31)29-30(25(17)32)16-7-4-3-5-8-16)12-19(26)23(22)34-14-18-20(27)9-6-10-21(18)28/h3-13H,2,14H2,1H3,(H,29,31)/b17-11+. The van der Waals surface area contributed by atoms with Gasteiger partial charge >= 0.3 is 0 Å². The summed E-state index contributed by atoms with van der Waals surface area (Å²) in [5, 5.41) is 2.21. The Balaban J connectivity index is 1.63. The van der Waals surface area contributed by atoms with E-state index < -0.39 is 11.8 Å². The molecule has 6 nitrogen and oxygen atoms in total. The molecule has 4 rings (SSSR count). The van der Waals surface area contributed by atoms with Gasteiger partial charge in [-0.25, -0.2) is 5.01 Å². The second-order valence-electron chi connectivity index (χ2n) is 7.23. The molecular formula is C25H19BrCl2N2O4. The number of nitrogens with one attached hydrogen (secondary N) is 1. The minimum absolute atomic E-state index is 0.00900. The first kappa shape index (κ1) is 24.1. The van der Waals surface area contributed by atoms with Crippen molar-refractivity contribution in [1.82, 2.24) is 5.43 Å². The Morgan fingerprint density at radius 2 is 1.71 bits per heavy atom. The predicted octanol–water partition coefficient (Wildman–Crippen LogP) is 6.20. The molecule has 1 heterocycles. The van der Waals surface area contributed by atoms with Crippen molar-refractivity contribution in [3.05, 3.63) is 91.9 Å². The summed E-state index contributed by atoms with van der Waals surface area (Å²) in [6, 6.07) is 17.6. The SMILES string of the molecule is CCOc1cc(/C=C2\C(=O)NN(c3ccccc3)C2=O)cc(Br)c1OCc1c(Cl)cccc1Cl. The molecule has 0 atom stereocenters. The van der Waals surface area contributed by atoms with Gasteiger partial charge in [0.25, 0.3) is 11.8 Å². The molecule has 0 saturated carbocycles. The van der Waals surface area contributed by atoms with Crippen LogP contribution in [-0.4, -0.2) is 18.4 Å². The molecule has 3 aromatic carbocycles. The van der Waals surface area contributed by atoms with Crippen molar-refractivity contribution in [2.75, 3.05) is 11.6 Å². The molecule has 0 spiro atoms. The Hall–Kier alpha value is -3.00. The fourth-order valence-corrected chi connectivity index (χ4v) is 4.45. The molecule has 174 valence electrons. The Bertz CT molecular complexity index is 1260. The van der Waals surface area contributed by atoms with Gasteiger partial charge in [0.05, 0.1) is 16.8 Å². The number of carbonyl (C=O) groups excluding carboxylic acids is 2. The second kappa shape index (κ2) is 10.5. The van der Waals surface area contributed by atoms with Crippen molar-refractivity contribution in [2.45, 2.75) is 13.5 Å². The molecule has 2 amide bonds. The minimum atomic E-state index is -0.489. The van der Waals surface area contributed by atoms with Gasteiger partial charge in [-0.15, -0.1) is 0 Å². The molecule has 1 saturated heterocycles. The van der Waals surface area contributed by atoms with Gasteiger partial charge in [0.15, 0.2) is 11.5 Å². The molecule has 0 unspecified atom stereocenters. The highest BCUT2D eigenvalue weighted by Gasteiger charge is 2.34. The van der Waals surface area contributed by atoms with Crippen molar-refractivity contribution in [3.63, 3.8) is 0 Å². The molecule has 0 radical (unpaired) electrons. The molecule has 1 N–H and O–H groups in total. The Morgan fingerprint density at radius 1 is 1.00 bits per heavy atom. The molecule has 0 aromatic heterocycles. The third-order valence-corrected chi connectivity index (χ3v) is 6.27. The second-order valence-corrected chi connectivity index (χ2v) is 8.90. The van der Waals surface area contributed by atoms with Gasteiger partial charge in [0.2, 0.25) is 0 Å². The molecule has 9 heteroatoms. The first-order chi connectivity index (χ1) is 16.4. The number of hydrogen-bond acceptors (Lipinski definition) is 4. The minimum Gasteiger partial charge on any atom is -0.490 e. The van der Waals surface area contributed by atoms with E-state index >= 15 is 0 Å². The lowest BCUT2D eigenvalue weighted by molar-refractivity contribution is -0.117. The van der Waals surface area contributed by atoms with E-state index in [1.807, 2.05) is 13.0 Å². The predicted molar refractivity (Wildman–Crippen MR) is 136 cm³/mol. The van der Waals surface area contributed by atoms with Gasteiger partial charge in [0.1, 0.15) is 12.2 Å². The number of para-hydroxylation sites is 1. The monoisotopic (exact) mass is 560 g/mol. The molecule has 1 fully saturated rings. The van der Waals surface area contributed by atoms with Gasteiger partial charge in [-0.2, -0.15) is 0 Å². The number of halogens is 3. The van der Waals surface area contributed by atoms with Crippen LogP contribution in [0.5, 0.6) is 11.5 Å². The van der Waals surface area contributed by atoms with Crippen molar-refractivity contribution < 1.29 is 19.1 Å². The van der Waals surface area contributed by atoms with Crippen molar-refractivity contribution in [2.24, 2.45) is 0 Å². The van der Waals surface area contributed by atoms with Gasteiger partial charge in [-0.05, 0) is 70.9 Å². The van der Waals surface area contributed by atoms with Crippen LogP contribution in [0.1, 0.15) is 18.1 Å². The summed E-state index contributed by atoms with van der Waals surface area (Å²) < 4.78 is 12.3. The lowest BCUT2D eigenvalue weighted by Gasteiger charge is -2.16. The maximum absolute atomic E-state index is 12.9. The summed E-state index contributed by atoms with van der Waals surface area (Å²) in [5.41, 5.74) is 4.41. The number of ether oxygens (including phenoxy) is 2. The third kappa shape index (κ3) is 5.06. The molecule has 34 heavy (non-hydrogen) atoms. The fraction of sp³-hybridized carbons (Fsp3) is 0.120. The number of hydrogen-bond donors (Lipinski definition) is 1. The summed E-state index contributed by atoms with van der Waals surface area (Å²) in [6.45, 7) is 2.36. The van der Waals surface area contributed by atoms with Gasteiger partial charge < -0.3 is 9.47 Å². The summed E-state index contributed by atoms with van der Waals surface area (Å²) in [5.74, 6) is -0.0404. The van der Waals surface area contributed by atoms with E-state index in [0.29, 0.717) is 49.4 Å². The Morgan fingerprint density at radius 3 is 2.38 bits per heavy atom. The van der Waals surface area contributed by atoms with Crippen LogP contribution in [0.3, 0.4) is 0 Å². The van der Waals surface area contributed by atoms with Crippen molar-refractivity contribution in [1.29, 1.82) is 0 Å². The number of hydrazine groups is 1. The highest BCUT2D eigenvalue weighted by atomic mass is 79.9. The smallest absolute Gasteiger partial charge is 0.282 e. The number of rotatable bonds is 7. The summed E-state index contributed by atoms with van der Waals surface area (Å²) in [6.07, 6.45) is 1.52. The van der Waals surface area contributed by atoms with Crippen LogP contribution in [0.25, 0.3) is 6.08 Å². The first-order valence-electron chi connectivity index (χ1n) is 10.3. The molecule has 0 aliphatic carbocycles. The first-order valence-corrected chi connectivity index (χ1v) is 11.9. The van der Waals surface area contributed by atoms with Crippen molar-refractivity contribution in [3.8, 4) is 11.5 Å². The lowest BCUT2D eigenvalue weighted by Crippen LogP contribution is -2.35. The average molecular weight is 562 g/mol. The van der Waals surface area contributed by atoms with E-state index in [1.54, 1.807) is 54.6 Å². The van der Waals surface area contributed by atoms with Crippen LogP contribution < -0.4 is 19.9 Å². The lowest BCUT2D eigenvalue weighted by atomic mass is 10.1. The zero-order valence-electron chi connectivity index (χ0n) is 18.0. The number of anilines is 1. The van der Waals surface area contributed by atoms with Gasteiger partial charge in [-0.1, -0.05) is 47.5 Å². The highest BCUT2D eigenvalue weighted by molar-refractivity contribution is 9.10. The highest BCUT2D eigenvalue weighted by Crippen LogP contribution is 2.39. The van der Waals surface area contributed by atoms with Crippen LogP contribution in [-0.2, 0) is 16.2 Å². The molecular weight excluding hydrogens is 543 g/mol. The topological polar surface area (TPSA) is 67.9 Å². The summed E-state index contributed by atoms with van der Waals surface area (Å²) >= 11 is 16.0. The maximum atomic E-state index is 12.9. The van der Waals surface area contributed by atoms with Crippen LogP contribution in [0.15, 0.2) is 70.7 Å². The van der Waals surface area contributed by atoms with Crippen LogP contribution in [0.4, 0.5) is 5.69 Å². The number of amides is 2. The normalized spacial score (nSPS) is 14.5. The van der Waals surface area contributed by atoms with Gasteiger partial charge in [0, 0.05) is 15.6 Å². The van der Waals surface area contributed by atoms with E-state index in [0.717, 1.165) is 0 Å². The molecule has 3 aromatic rings. The van der Waals surface area contributed by atoms with Crippen LogP contribution in [0.2, 0.25) is 10.0 Å². The largest absolute Gasteiger partial charge is 0.490 e. The fourth-order valence-electron chi connectivity index (χ4n) is 3.37. The zero-order valence-corrected chi connectivity index (χ0v) is 21.1. The molecule has 1 aliphatic rings. The van der Waals surface area contributed by atoms with E-state index in [9.17, 15) is 9.59 Å². The van der Waals surface area contributed by atoms with Crippen molar-refractivity contribution >= 4 is 62.7 Å². The number of benzene rings is 3. The van der Waals surface area contributed by atoms with E-state index in [-0.39, 0.29) is 12.2 Å². The van der Waals surface area contributed by atoms with E-state index in [2.05, 4.69) is 21.4 Å². The number of carbonyl (C=O) groups is 2.